The Morgan fingerprint density at radius 1 is 0.960 bits per heavy atom. The Labute approximate surface area is 153 Å². The van der Waals surface area contributed by atoms with Gasteiger partial charge in [0.15, 0.2) is 5.78 Å². The molecule has 0 saturated heterocycles. The molecule has 7 heteroatoms. The molecule has 0 saturated carbocycles. The first-order valence-electron chi connectivity index (χ1n) is 7.31. The van der Waals surface area contributed by atoms with Crippen LogP contribution in [0.4, 0.5) is 11.4 Å². The second-order valence-electron chi connectivity index (χ2n) is 5.34. The van der Waals surface area contributed by atoms with Gasteiger partial charge in [0.1, 0.15) is 10.7 Å². The van der Waals surface area contributed by atoms with Gasteiger partial charge in [0.25, 0.3) is 11.8 Å². The maximum atomic E-state index is 12.6. The Balaban J connectivity index is 1.90. The fraction of sp³-hybridized carbons (Fsp3) is 0.0556. The first-order valence-corrected chi connectivity index (χ1v) is 8.07. The molecule has 0 unspecified atom stereocenters. The van der Waals surface area contributed by atoms with Crippen LogP contribution in [0.2, 0.25) is 5.02 Å². The summed E-state index contributed by atoms with van der Waals surface area (Å²) in [4.78, 5) is 37.3. The number of anilines is 2. The topological polar surface area (TPSA) is 66.5 Å². The zero-order valence-electron chi connectivity index (χ0n) is 13.0. The van der Waals surface area contributed by atoms with E-state index in [1.54, 1.807) is 48.5 Å². The average molecular weight is 375 g/mol. The number of para-hydroxylation sites is 1. The lowest BCUT2D eigenvalue weighted by atomic mass is 10.1. The maximum Gasteiger partial charge on any atom is 0.283 e. The molecule has 1 aliphatic heterocycles. The van der Waals surface area contributed by atoms with Crippen LogP contribution in [0.25, 0.3) is 0 Å². The van der Waals surface area contributed by atoms with E-state index in [1.807, 2.05) is 0 Å². The van der Waals surface area contributed by atoms with Crippen LogP contribution in [-0.4, -0.2) is 17.6 Å². The number of ketones is 1. The molecular formula is C18H12Cl2N2O3. The van der Waals surface area contributed by atoms with Crippen molar-refractivity contribution in [3.63, 3.8) is 0 Å². The minimum absolute atomic E-state index is 0.0397. The average Bonchev–Trinajstić information content (AvgIpc) is 2.80. The van der Waals surface area contributed by atoms with Gasteiger partial charge >= 0.3 is 0 Å². The molecule has 0 atom stereocenters. The lowest BCUT2D eigenvalue weighted by Crippen LogP contribution is -2.32. The van der Waals surface area contributed by atoms with E-state index >= 15 is 0 Å². The van der Waals surface area contributed by atoms with Gasteiger partial charge in [-0.05, 0) is 43.3 Å². The molecule has 126 valence electrons. The van der Waals surface area contributed by atoms with Gasteiger partial charge in [-0.3, -0.25) is 14.4 Å². The van der Waals surface area contributed by atoms with Crippen LogP contribution in [0.3, 0.4) is 0 Å². The number of benzene rings is 2. The third-order valence-corrected chi connectivity index (χ3v) is 4.35. The lowest BCUT2D eigenvalue weighted by molar-refractivity contribution is -0.120. The van der Waals surface area contributed by atoms with Crippen molar-refractivity contribution in [1.82, 2.24) is 0 Å². The van der Waals surface area contributed by atoms with E-state index in [1.165, 1.54) is 6.92 Å². The van der Waals surface area contributed by atoms with E-state index in [0.717, 1.165) is 4.90 Å². The summed E-state index contributed by atoms with van der Waals surface area (Å²) < 4.78 is 0. The third kappa shape index (κ3) is 3.16. The Morgan fingerprint density at radius 2 is 1.60 bits per heavy atom. The largest absolute Gasteiger partial charge is 0.350 e. The van der Waals surface area contributed by atoms with Gasteiger partial charge in [0.2, 0.25) is 0 Å². The van der Waals surface area contributed by atoms with Gasteiger partial charge in [-0.15, -0.1) is 0 Å². The predicted octanol–water partition coefficient (Wildman–Crippen LogP) is 3.98. The van der Waals surface area contributed by atoms with E-state index in [0.29, 0.717) is 11.3 Å². The highest BCUT2D eigenvalue weighted by Gasteiger charge is 2.39. The lowest BCUT2D eigenvalue weighted by Gasteiger charge is -2.16. The highest BCUT2D eigenvalue weighted by atomic mass is 35.5. The molecule has 1 aliphatic rings. The number of Topliss-reactive ketones (excluding diaryl/α,β-unsaturated/α-hetero) is 1. The molecule has 1 N–H and O–H groups in total. The van der Waals surface area contributed by atoms with E-state index < -0.39 is 11.8 Å². The first kappa shape index (κ1) is 17.2. The summed E-state index contributed by atoms with van der Waals surface area (Å²) in [7, 11) is 0. The first-order chi connectivity index (χ1) is 11.9. The van der Waals surface area contributed by atoms with Crippen molar-refractivity contribution >= 4 is 52.2 Å². The van der Waals surface area contributed by atoms with Crippen molar-refractivity contribution in [3.05, 3.63) is 69.8 Å². The SMILES string of the molecule is CC(=O)c1ccc(NC2=C(Cl)C(=O)N(c3ccccc3Cl)C2=O)cc1. The normalized spacial score (nSPS) is 14.3. The van der Waals surface area contributed by atoms with Crippen LogP contribution in [-0.2, 0) is 9.59 Å². The van der Waals surface area contributed by atoms with Crippen LogP contribution in [0.15, 0.2) is 59.3 Å². The summed E-state index contributed by atoms with van der Waals surface area (Å²) in [5, 5.41) is 2.88. The Morgan fingerprint density at radius 3 is 2.20 bits per heavy atom. The summed E-state index contributed by atoms with van der Waals surface area (Å²) in [6.45, 7) is 1.46. The molecular weight excluding hydrogens is 363 g/mol. The molecule has 0 fully saturated rings. The van der Waals surface area contributed by atoms with Crippen LogP contribution >= 0.6 is 23.2 Å². The predicted molar refractivity (Wildman–Crippen MR) is 96.9 cm³/mol. The second-order valence-corrected chi connectivity index (χ2v) is 6.13. The Bertz CT molecular complexity index is 920. The molecule has 2 amide bonds. The van der Waals surface area contributed by atoms with Crippen molar-refractivity contribution in [2.75, 3.05) is 10.2 Å². The molecule has 2 aromatic rings. The molecule has 25 heavy (non-hydrogen) atoms. The van der Waals surface area contributed by atoms with Crippen LogP contribution in [0.5, 0.6) is 0 Å². The standard InChI is InChI=1S/C18H12Cl2N2O3/c1-10(23)11-6-8-12(9-7-11)21-16-15(20)17(24)22(18(16)25)14-5-3-2-4-13(14)19/h2-9,21H,1H3. The van der Waals surface area contributed by atoms with Crippen molar-refractivity contribution < 1.29 is 14.4 Å². The summed E-state index contributed by atoms with van der Waals surface area (Å²) in [5.74, 6) is -1.32. The number of nitrogens with zero attached hydrogens (tertiary/aromatic N) is 1. The summed E-state index contributed by atoms with van der Waals surface area (Å²) >= 11 is 12.1. The van der Waals surface area contributed by atoms with E-state index in [9.17, 15) is 14.4 Å². The van der Waals surface area contributed by atoms with Gasteiger partial charge in [-0.25, -0.2) is 4.90 Å². The molecule has 0 aromatic heterocycles. The molecule has 0 bridgehead atoms. The number of carbonyl (C=O) groups is 3. The summed E-state index contributed by atoms with van der Waals surface area (Å²) in [6, 6.07) is 13.0. The third-order valence-electron chi connectivity index (χ3n) is 3.68. The molecule has 0 spiro atoms. The molecule has 5 nitrogen and oxygen atoms in total. The highest BCUT2D eigenvalue weighted by molar-refractivity contribution is 6.53. The summed E-state index contributed by atoms with van der Waals surface area (Å²) in [5.41, 5.74) is 1.29. The maximum absolute atomic E-state index is 12.6. The number of carbonyl (C=O) groups excluding carboxylic acids is 3. The number of halogens is 2. The van der Waals surface area contributed by atoms with Crippen LogP contribution < -0.4 is 10.2 Å². The van der Waals surface area contributed by atoms with Crippen molar-refractivity contribution in [2.45, 2.75) is 6.92 Å². The number of hydrogen-bond acceptors (Lipinski definition) is 4. The molecule has 0 radical (unpaired) electrons. The van der Waals surface area contributed by atoms with E-state index in [2.05, 4.69) is 5.32 Å². The Hall–Kier alpha value is -2.63. The number of rotatable bonds is 4. The smallest absolute Gasteiger partial charge is 0.283 e. The quantitative estimate of drug-likeness (QED) is 0.649. The van der Waals surface area contributed by atoms with Gasteiger partial charge in [-0.2, -0.15) is 0 Å². The van der Waals surface area contributed by atoms with Crippen LogP contribution in [0.1, 0.15) is 17.3 Å². The van der Waals surface area contributed by atoms with Crippen molar-refractivity contribution in [3.8, 4) is 0 Å². The molecule has 3 rings (SSSR count). The molecule has 2 aromatic carbocycles. The fourth-order valence-electron chi connectivity index (χ4n) is 2.40. The minimum atomic E-state index is -0.650. The van der Waals surface area contributed by atoms with Gasteiger partial charge < -0.3 is 5.32 Å². The number of imide groups is 1. The second kappa shape index (κ2) is 6.70. The van der Waals surface area contributed by atoms with Crippen molar-refractivity contribution in [2.24, 2.45) is 0 Å². The van der Waals surface area contributed by atoms with Gasteiger partial charge in [0.05, 0.1) is 10.7 Å². The van der Waals surface area contributed by atoms with E-state index in [-0.39, 0.29) is 27.2 Å². The van der Waals surface area contributed by atoms with Crippen LogP contribution in [0, 0.1) is 0 Å². The van der Waals surface area contributed by atoms with Crippen molar-refractivity contribution in [1.29, 1.82) is 0 Å². The minimum Gasteiger partial charge on any atom is -0.350 e. The molecule has 0 aliphatic carbocycles. The monoisotopic (exact) mass is 374 g/mol. The Kier molecular flexibility index (Phi) is 4.61. The van der Waals surface area contributed by atoms with E-state index in [4.69, 9.17) is 23.2 Å². The molecule has 1 heterocycles. The van der Waals surface area contributed by atoms with Gasteiger partial charge in [-0.1, -0.05) is 35.3 Å². The number of hydrogen-bond donors (Lipinski definition) is 1. The zero-order chi connectivity index (χ0) is 18.1. The highest BCUT2D eigenvalue weighted by Crippen LogP contribution is 2.33. The summed E-state index contributed by atoms with van der Waals surface area (Å²) in [6.07, 6.45) is 0. The number of amides is 2. The van der Waals surface area contributed by atoms with Gasteiger partial charge in [0, 0.05) is 11.3 Å². The number of nitrogens with one attached hydrogen (secondary N) is 1. The fourth-order valence-corrected chi connectivity index (χ4v) is 2.83. The zero-order valence-corrected chi connectivity index (χ0v) is 14.6.